The Bertz CT molecular complexity index is 806. The lowest BCUT2D eigenvalue weighted by Crippen LogP contribution is -2.54. The molecule has 0 bridgehead atoms. The zero-order valence-electron chi connectivity index (χ0n) is 16.7. The standard InChI is InChI=1S/C21H27FN2O5/c1-12-18(17(26)11-29-12)24-20(28)15(10-21(2)7-3-4-8-21)23-19(27)13-5-6-16(25)14(22)9-13/h5-6,9,12,15,18,25H,3-4,7-8,10-11H2,1-2H3,(H,23,27)(H,24,28)/t12-,15-,18-/m0/s1. The molecule has 1 saturated heterocycles. The third kappa shape index (κ3) is 4.93. The number of benzene rings is 1. The van der Waals surface area contributed by atoms with Crippen molar-refractivity contribution in [3.63, 3.8) is 0 Å². The van der Waals surface area contributed by atoms with Gasteiger partial charge in [0.25, 0.3) is 5.91 Å². The van der Waals surface area contributed by atoms with E-state index >= 15 is 0 Å². The van der Waals surface area contributed by atoms with Crippen LogP contribution in [0.1, 0.15) is 56.3 Å². The third-order valence-corrected chi connectivity index (χ3v) is 5.94. The predicted molar refractivity (Wildman–Crippen MR) is 103 cm³/mol. The van der Waals surface area contributed by atoms with Gasteiger partial charge in [0.05, 0.1) is 6.10 Å². The highest BCUT2D eigenvalue weighted by Gasteiger charge is 2.39. The van der Waals surface area contributed by atoms with E-state index in [-0.39, 0.29) is 23.4 Å². The lowest BCUT2D eigenvalue weighted by molar-refractivity contribution is -0.128. The summed E-state index contributed by atoms with van der Waals surface area (Å²) >= 11 is 0. The molecule has 29 heavy (non-hydrogen) atoms. The molecule has 3 atom stereocenters. The minimum atomic E-state index is -0.913. The van der Waals surface area contributed by atoms with Gasteiger partial charge in [-0.05, 0) is 49.8 Å². The number of phenols is 1. The number of carbonyl (C=O) groups is 3. The second-order valence-electron chi connectivity index (χ2n) is 8.38. The second-order valence-corrected chi connectivity index (χ2v) is 8.38. The normalized spacial score (nSPS) is 24.3. The van der Waals surface area contributed by atoms with Gasteiger partial charge in [0.2, 0.25) is 5.91 Å². The number of carbonyl (C=O) groups excluding carboxylic acids is 3. The quantitative estimate of drug-likeness (QED) is 0.671. The number of hydrogen-bond donors (Lipinski definition) is 3. The molecule has 3 rings (SSSR count). The van der Waals surface area contributed by atoms with E-state index in [9.17, 15) is 23.9 Å². The summed E-state index contributed by atoms with van der Waals surface area (Å²) in [6.07, 6.45) is 4.00. The first-order valence-electron chi connectivity index (χ1n) is 9.93. The highest BCUT2D eigenvalue weighted by atomic mass is 19.1. The van der Waals surface area contributed by atoms with Crippen molar-refractivity contribution in [1.82, 2.24) is 10.6 Å². The molecule has 1 heterocycles. The number of hydrogen-bond acceptors (Lipinski definition) is 5. The number of halogens is 1. The fraction of sp³-hybridized carbons (Fsp3) is 0.571. The van der Waals surface area contributed by atoms with Crippen molar-refractivity contribution in [2.45, 2.75) is 64.1 Å². The molecule has 0 spiro atoms. The Balaban J connectivity index is 1.76. The van der Waals surface area contributed by atoms with Crippen LogP contribution in [0.2, 0.25) is 0 Å². The van der Waals surface area contributed by atoms with Crippen LogP contribution < -0.4 is 10.6 Å². The molecule has 158 valence electrons. The van der Waals surface area contributed by atoms with Crippen molar-refractivity contribution in [2.75, 3.05) is 6.61 Å². The minimum Gasteiger partial charge on any atom is -0.505 e. The molecule has 3 N–H and O–H groups in total. The molecule has 2 amide bonds. The first-order valence-corrected chi connectivity index (χ1v) is 9.93. The van der Waals surface area contributed by atoms with E-state index in [2.05, 4.69) is 17.6 Å². The summed E-state index contributed by atoms with van der Waals surface area (Å²) in [6, 6.07) is 1.69. The molecule has 0 aromatic heterocycles. The van der Waals surface area contributed by atoms with E-state index in [1.54, 1.807) is 6.92 Å². The van der Waals surface area contributed by atoms with E-state index < -0.39 is 41.6 Å². The molecule has 1 aliphatic heterocycles. The molecule has 1 saturated carbocycles. The highest BCUT2D eigenvalue weighted by Crippen LogP contribution is 2.41. The molecule has 2 aliphatic rings. The Labute approximate surface area is 169 Å². The molecule has 0 unspecified atom stereocenters. The summed E-state index contributed by atoms with van der Waals surface area (Å²) in [6.45, 7) is 3.74. The largest absolute Gasteiger partial charge is 0.505 e. The summed E-state index contributed by atoms with van der Waals surface area (Å²) in [5, 5.41) is 14.7. The minimum absolute atomic E-state index is 0.00307. The summed E-state index contributed by atoms with van der Waals surface area (Å²) < 4.78 is 18.9. The fourth-order valence-corrected chi connectivity index (χ4v) is 4.14. The Hall–Kier alpha value is -2.48. The van der Waals surface area contributed by atoms with E-state index in [1.165, 1.54) is 6.07 Å². The number of phenolic OH excluding ortho intramolecular Hbond substituents is 1. The Morgan fingerprint density at radius 3 is 2.62 bits per heavy atom. The van der Waals surface area contributed by atoms with Crippen molar-refractivity contribution < 1.29 is 28.6 Å². The van der Waals surface area contributed by atoms with Crippen LogP contribution in [0.3, 0.4) is 0 Å². The van der Waals surface area contributed by atoms with Crippen LogP contribution in [0, 0.1) is 11.2 Å². The molecule has 1 aromatic carbocycles. The maximum atomic E-state index is 13.6. The van der Waals surface area contributed by atoms with Crippen LogP contribution in [0.4, 0.5) is 4.39 Å². The maximum absolute atomic E-state index is 13.6. The van der Waals surface area contributed by atoms with Gasteiger partial charge in [-0.2, -0.15) is 0 Å². The number of rotatable bonds is 6. The van der Waals surface area contributed by atoms with Crippen LogP contribution in [-0.2, 0) is 14.3 Å². The smallest absolute Gasteiger partial charge is 0.252 e. The van der Waals surface area contributed by atoms with Gasteiger partial charge in [0.1, 0.15) is 18.7 Å². The van der Waals surface area contributed by atoms with E-state index in [0.717, 1.165) is 37.8 Å². The van der Waals surface area contributed by atoms with Crippen molar-refractivity contribution in [2.24, 2.45) is 5.41 Å². The fourth-order valence-electron chi connectivity index (χ4n) is 4.14. The van der Waals surface area contributed by atoms with Gasteiger partial charge in [0, 0.05) is 5.56 Å². The van der Waals surface area contributed by atoms with Crippen molar-refractivity contribution in [1.29, 1.82) is 0 Å². The van der Waals surface area contributed by atoms with Crippen LogP contribution in [0.25, 0.3) is 0 Å². The van der Waals surface area contributed by atoms with Gasteiger partial charge < -0.3 is 20.5 Å². The number of nitrogens with one attached hydrogen (secondary N) is 2. The Morgan fingerprint density at radius 1 is 1.34 bits per heavy atom. The van der Waals surface area contributed by atoms with Crippen molar-refractivity contribution in [3.05, 3.63) is 29.6 Å². The molecule has 8 heteroatoms. The molecular formula is C21H27FN2O5. The number of ether oxygens (including phenoxy) is 1. The van der Waals surface area contributed by atoms with Crippen molar-refractivity contribution >= 4 is 17.6 Å². The van der Waals surface area contributed by atoms with Gasteiger partial charge in [-0.1, -0.05) is 19.8 Å². The summed E-state index contributed by atoms with van der Waals surface area (Å²) in [5.74, 6) is -2.75. The molecule has 7 nitrogen and oxygen atoms in total. The SMILES string of the molecule is C[C@@H]1OCC(=O)[C@H]1NC(=O)[C@H](CC1(C)CCCC1)NC(=O)c1ccc(O)c(F)c1. The number of ketones is 1. The van der Waals surface area contributed by atoms with E-state index in [1.807, 2.05) is 0 Å². The van der Waals surface area contributed by atoms with Crippen molar-refractivity contribution in [3.8, 4) is 5.75 Å². The summed E-state index contributed by atoms with van der Waals surface area (Å²) in [4.78, 5) is 37.6. The number of amides is 2. The van der Waals surface area contributed by atoms with Crippen LogP contribution >= 0.6 is 0 Å². The third-order valence-electron chi connectivity index (χ3n) is 5.94. The van der Waals surface area contributed by atoms with Crippen LogP contribution in [0.15, 0.2) is 18.2 Å². The lowest BCUT2D eigenvalue weighted by atomic mass is 9.81. The zero-order valence-corrected chi connectivity index (χ0v) is 16.7. The van der Waals surface area contributed by atoms with Gasteiger partial charge in [-0.15, -0.1) is 0 Å². The van der Waals surface area contributed by atoms with Crippen LogP contribution in [0.5, 0.6) is 5.75 Å². The first-order chi connectivity index (χ1) is 13.7. The molecule has 1 aliphatic carbocycles. The zero-order chi connectivity index (χ0) is 21.2. The number of Topliss-reactive ketones (excluding diaryl/α,β-unsaturated/α-hetero) is 1. The average molecular weight is 406 g/mol. The molecule has 2 fully saturated rings. The summed E-state index contributed by atoms with van der Waals surface area (Å²) in [7, 11) is 0. The number of aromatic hydroxyl groups is 1. The molecule has 1 aromatic rings. The maximum Gasteiger partial charge on any atom is 0.252 e. The monoisotopic (exact) mass is 406 g/mol. The summed E-state index contributed by atoms with van der Waals surface area (Å²) in [5.41, 5.74) is -0.0968. The van der Waals surface area contributed by atoms with Gasteiger partial charge in [-0.3, -0.25) is 14.4 Å². The van der Waals surface area contributed by atoms with Gasteiger partial charge >= 0.3 is 0 Å². The lowest BCUT2D eigenvalue weighted by Gasteiger charge is -2.30. The van der Waals surface area contributed by atoms with E-state index in [0.29, 0.717) is 6.42 Å². The average Bonchev–Trinajstić information content (AvgIpc) is 3.23. The van der Waals surface area contributed by atoms with Gasteiger partial charge in [-0.25, -0.2) is 4.39 Å². The Morgan fingerprint density at radius 2 is 2.03 bits per heavy atom. The van der Waals surface area contributed by atoms with Crippen LogP contribution in [-0.4, -0.2) is 47.5 Å². The predicted octanol–water partition coefficient (Wildman–Crippen LogP) is 2.07. The topological polar surface area (TPSA) is 105 Å². The second kappa shape index (κ2) is 8.49. The molecular weight excluding hydrogens is 379 g/mol. The molecule has 0 radical (unpaired) electrons. The first kappa shape index (κ1) is 21.2. The highest BCUT2D eigenvalue weighted by molar-refractivity contribution is 5.99. The van der Waals surface area contributed by atoms with Gasteiger partial charge in [0.15, 0.2) is 17.3 Å². The Kier molecular flexibility index (Phi) is 6.21. The van der Waals surface area contributed by atoms with E-state index in [4.69, 9.17) is 4.74 Å².